The molecule has 3 heteroatoms. The van der Waals surface area contributed by atoms with Crippen molar-refractivity contribution in [1.82, 2.24) is 0 Å². The maximum absolute atomic E-state index is 8.12. The summed E-state index contributed by atoms with van der Waals surface area (Å²) in [6.07, 6.45) is 2.08. The van der Waals surface area contributed by atoms with E-state index in [1.165, 1.54) is 6.42 Å². The Morgan fingerprint density at radius 2 is 2.12 bits per heavy atom. The molecule has 0 aromatic rings. The summed E-state index contributed by atoms with van der Waals surface area (Å²) >= 11 is 0. The fourth-order valence-electron chi connectivity index (χ4n) is 0.304. The first kappa shape index (κ1) is 7.34. The largest absolute Gasteiger partial charge is 0.373 e. The van der Waals surface area contributed by atoms with Crippen LogP contribution in [0.1, 0.15) is 13.3 Å². The molecule has 1 heterocycles. The quantitative estimate of drug-likeness (QED) is 0.460. The molecule has 3 nitrogen and oxygen atoms in total. The third-order valence-corrected chi connectivity index (χ3v) is 0.858. The fraction of sp³-hybridized carbons (Fsp3) is 0.800. The molecule has 0 aromatic carbocycles. The van der Waals surface area contributed by atoms with Gasteiger partial charge in [-0.15, -0.1) is 0 Å². The minimum absolute atomic E-state index is 0.250. The normalized spacial score (nSPS) is 22.4. The number of epoxide rings is 1. The third kappa shape index (κ3) is 5.34. The van der Waals surface area contributed by atoms with Gasteiger partial charge in [0.05, 0.1) is 12.7 Å². The number of carbonyl (C=O) groups excluding carboxylic acids is 2. The number of ether oxygens (including phenoxy) is 1. The van der Waals surface area contributed by atoms with Gasteiger partial charge in [-0.3, -0.25) is 0 Å². The van der Waals surface area contributed by atoms with Crippen LogP contribution in [0.4, 0.5) is 0 Å². The summed E-state index contributed by atoms with van der Waals surface area (Å²) in [5.74, 6) is 0. The van der Waals surface area contributed by atoms with Crippen LogP contribution in [0.25, 0.3) is 0 Å². The summed E-state index contributed by atoms with van der Waals surface area (Å²) in [4.78, 5) is 16.2. The molecule has 0 radical (unpaired) electrons. The highest BCUT2D eigenvalue weighted by atomic mass is 16.6. The van der Waals surface area contributed by atoms with Crippen LogP contribution in [0.5, 0.6) is 0 Å². The molecule has 0 N–H and O–H groups in total. The Morgan fingerprint density at radius 1 is 1.75 bits per heavy atom. The van der Waals surface area contributed by atoms with Gasteiger partial charge in [0.2, 0.25) is 0 Å². The zero-order valence-electron chi connectivity index (χ0n) is 4.72. The van der Waals surface area contributed by atoms with Gasteiger partial charge in [-0.1, -0.05) is 6.92 Å². The summed E-state index contributed by atoms with van der Waals surface area (Å²) in [5, 5.41) is 0. The Morgan fingerprint density at radius 3 is 2.12 bits per heavy atom. The lowest BCUT2D eigenvalue weighted by molar-refractivity contribution is -0.191. The lowest BCUT2D eigenvalue weighted by Crippen LogP contribution is -1.73. The van der Waals surface area contributed by atoms with E-state index < -0.39 is 0 Å². The van der Waals surface area contributed by atoms with Gasteiger partial charge < -0.3 is 4.74 Å². The van der Waals surface area contributed by atoms with Crippen LogP contribution in [-0.4, -0.2) is 18.9 Å². The molecule has 0 spiro atoms. The van der Waals surface area contributed by atoms with Crippen LogP contribution < -0.4 is 0 Å². The third-order valence-electron chi connectivity index (χ3n) is 0.858. The SMILES string of the molecule is CCC1CO1.O=C=O. The Bertz CT molecular complexity index is 79.7. The van der Waals surface area contributed by atoms with Gasteiger partial charge in [-0.25, -0.2) is 0 Å². The Labute approximate surface area is 47.6 Å². The molecular weight excluding hydrogens is 108 g/mol. The lowest BCUT2D eigenvalue weighted by atomic mass is 10.4. The van der Waals surface area contributed by atoms with Crippen molar-refractivity contribution in [3.8, 4) is 0 Å². The van der Waals surface area contributed by atoms with E-state index in [1.54, 1.807) is 0 Å². The minimum Gasteiger partial charge on any atom is -0.373 e. The monoisotopic (exact) mass is 116 g/mol. The first-order valence-corrected chi connectivity index (χ1v) is 2.46. The van der Waals surface area contributed by atoms with Gasteiger partial charge in [0, 0.05) is 0 Å². The van der Waals surface area contributed by atoms with Crippen molar-refractivity contribution in [3.63, 3.8) is 0 Å². The number of hydrogen-bond donors (Lipinski definition) is 0. The van der Waals surface area contributed by atoms with Crippen LogP contribution in [0.3, 0.4) is 0 Å². The van der Waals surface area contributed by atoms with Crippen molar-refractivity contribution in [2.45, 2.75) is 19.4 Å². The Balaban J connectivity index is 0.000000145. The molecule has 1 fully saturated rings. The van der Waals surface area contributed by atoms with Crippen molar-refractivity contribution < 1.29 is 14.3 Å². The van der Waals surface area contributed by atoms with Crippen molar-refractivity contribution in [1.29, 1.82) is 0 Å². The van der Waals surface area contributed by atoms with Gasteiger partial charge >= 0.3 is 6.15 Å². The van der Waals surface area contributed by atoms with Gasteiger partial charge in [0.1, 0.15) is 0 Å². The standard InChI is InChI=1S/C4H8O.CO2/c1-2-4-3-5-4;2-1-3/h4H,2-3H2,1H3;. The number of rotatable bonds is 1. The molecule has 0 aliphatic carbocycles. The highest BCUT2D eigenvalue weighted by Gasteiger charge is 2.18. The van der Waals surface area contributed by atoms with Crippen molar-refractivity contribution in [2.24, 2.45) is 0 Å². The molecule has 1 aliphatic heterocycles. The molecule has 0 aromatic heterocycles. The van der Waals surface area contributed by atoms with Crippen LogP contribution in [0.2, 0.25) is 0 Å². The predicted octanol–water partition coefficient (Wildman–Crippen LogP) is 0.212. The summed E-state index contributed by atoms with van der Waals surface area (Å²) in [6, 6.07) is 0. The first-order valence-electron chi connectivity index (χ1n) is 2.46. The van der Waals surface area contributed by atoms with E-state index in [-0.39, 0.29) is 6.15 Å². The van der Waals surface area contributed by atoms with Crippen molar-refractivity contribution in [3.05, 3.63) is 0 Å². The maximum atomic E-state index is 8.12. The summed E-state index contributed by atoms with van der Waals surface area (Å²) < 4.78 is 4.86. The average molecular weight is 116 g/mol. The molecule has 1 unspecified atom stereocenters. The number of hydrogen-bond acceptors (Lipinski definition) is 3. The van der Waals surface area contributed by atoms with E-state index in [1.807, 2.05) is 0 Å². The summed E-state index contributed by atoms with van der Waals surface area (Å²) in [7, 11) is 0. The molecule has 1 aliphatic rings. The second-order valence-corrected chi connectivity index (χ2v) is 1.45. The van der Waals surface area contributed by atoms with E-state index in [0.717, 1.165) is 6.61 Å². The molecule has 1 saturated heterocycles. The van der Waals surface area contributed by atoms with Crippen LogP contribution in [-0.2, 0) is 14.3 Å². The smallest absolute Gasteiger partial charge is 0.373 e. The molecular formula is C5H8O3. The van der Waals surface area contributed by atoms with Crippen molar-refractivity contribution >= 4 is 6.15 Å². The lowest BCUT2D eigenvalue weighted by Gasteiger charge is -1.69. The van der Waals surface area contributed by atoms with Crippen LogP contribution in [0, 0.1) is 0 Å². The molecule has 1 atom stereocenters. The molecule has 0 amide bonds. The molecule has 1 rings (SSSR count). The van der Waals surface area contributed by atoms with Gasteiger partial charge in [0.25, 0.3) is 0 Å². The maximum Gasteiger partial charge on any atom is 0.373 e. The Kier molecular flexibility index (Phi) is 4.13. The second-order valence-electron chi connectivity index (χ2n) is 1.45. The van der Waals surface area contributed by atoms with Crippen LogP contribution in [0.15, 0.2) is 0 Å². The van der Waals surface area contributed by atoms with Crippen molar-refractivity contribution in [2.75, 3.05) is 6.61 Å². The van der Waals surface area contributed by atoms with E-state index in [4.69, 9.17) is 14.3 Å². The van der Waals surface area contributed by atoms with Gasteiger partial charge in [-0.05, 0) is 6.42 Å². The van der Waals surface area contributed by atoms with Gasteiger partial charge in [0.15, 0.2) is 0 Å². The minimum atomic E-state index is 0.250. The van der Waals surface area contributed by atoms with E-state index in [9.17, 15) is 0 Å². The zero-order chi connectivity index (χ0) is 6.41. The second kappa shape index (κ2) is 4.50. The highest BCUT2D eigenvalue weighted by molar-refractivity contribution is 5.20. The molecule has 0 bridgehead atoms. The highest BCUT2D eigenvalue weighted by Crippen LogP contribution is 2.10. The zero-order valence-corrected chi connectivity index (χ0v) is 4.72. The molecule has 0 saturated carbocycles. The van der Waals surface area contributed by atoms with E-state index in [0.29, 0.717) is 6.10 Å². The van der Waals surface area contributed by atoms with Crippen LogP contribution >= 0.6 is 0 Å². The van der Waals surface area contributed by atoms with E-state index in [2.05, 4.69) is 6.92 Å². The molecule has 8 heavy (non-hydrogen) atoms. The predicted molar refractivity (Wildman–Crippen MR) is 25.0 cm³/mol. The average Bonchev–Trinajstić information content (AvgIpc) is 2.48. The Hall–Kier alpha value is -0.660. The fourth-order valence-corrected chi connectivity index (χ4v) is 0.304. The van der Waals surface area contributed by atoms with E-state index >= 15 is 0 Å². The first-order chi connectivity index (χ1) is 3.85. The summed E-state index contributed by atoms with van der Waals surface area (Å²) in [6.45, 7) is 3.15. The molecule has 46 valence electrons. The topological polar surface area (TPSA) is 46.7 Å². The van der Waals surface area contributed by atoms with Gasteiger partial charge in [-0.2, -0.15) is 9.59 Å². The summed E-state index contributed by atoms with van der Waals surface area (Å²) in [5.41, 5.74) is 0.